The quantitative estimate of drug-likeness (QED) is 0.552. The van der Waals surface area contributed by atoms with Gasteiger partial charge in [-0.25, -0.2) is 9.18 Å². The fourth-order valence-corrected chi connectivity index (χ4v) is 1.93. The molecule has 1 heterocycles. The zero-order valence-corrected chi connectivity index (χ0v) is 9.87. The molecule has 1 aromatic carbocycles. The van der Waals surface area contributed by atoms with E-state index in [1.165, 1.54) is 18.2 Å². The topological polar surface area (TPSA) is 82.2 Å². The van der Waals surface area contributed by atoms with Crippen molar-refractivity contribution in [2.24, 2.45) is 5.73 Å². The third-order valence-electron chi connectivity index (χ3n) is 2.90. The summed E-state index contributed by atoms with van der Waals surface area (Å²) < 4.78 is 13.3. The van der Waals surface area contributed by atoms with E-state index in [1.807, 2.05) is 0 Å². The number of amidine groups is 1. The number of carbonyl (C=O) groups excluding carboxylic acids is 1. The zero-order valence-electron chi connectivity index (χ0n) is 9.87. The van der Waals surface area contributed by atoms with E-state index in [4.69, 9.17) is 11.1 Å². The molecule has 0 spiro atoms. The number of benzene rings is 1. The average Bonchev–Trinajstić information content (AvgIpc) is 2.85. The molecule has 2 rings (SSSR count). The minimum absolute atomic E-state index is 0.00535. The summed E-state index contributed by atoms with van der Waals surface area (Å²) in [4.78, 5) is 13.5. The molecule has 96 valence electrons. The van der Waals surface area contributed by atoms with Crippen molar-refractivity contribution in [1.29, 1.82) is 5.41 Å². The van der Waals surface area contributed by atoms with Gasteiger partial charge in [-0.05, 0) is 31.0 Å². The smallest absolute Gasteiger partial charge is 0.321 e. The summed E-state index contributed by atoms with van der Waals surface area (Å²) in [5, 5.41) is 9.91. The van der Waals surface area contributed by atoms with Gasteiger partial charge in [0.15, 0.2) is 0 Å². The Kier molecular flexibility index (Phi) is 3.45. The van der Waals surface area contributed by atoms with Crippen LogP contribution in [0, 0.1) is 11.2 Å². The van der Waals surface area contributed by atoms with E-state index in [2.05, 4.69) is 5.32 Å². The molecule has 1 aromatic rings. The van der Waals surface area contributed by atoms with Gasteiger partial charge in [-0.3, -0.25) is 5.41 Å². The predicted octanol–water partition coefficient (Wildman–Crippen LogP) is 1.74. The van der Waals surface area contributed by atoms with Crippen molar-refractivity contribution in [3.63, 3.8) is 0 Å². The summed E-state index contributed by atoms with van der Waals surface area (Å²) in [6, 6.07) is 3.81. The first-order valence-electron chi connectivity index (χ1n) is 5.78. The van der Waals surface area contributed by atoms with Crippen molar-refractivity contribution in [1.82, 2.24) is 4.90 Å². The van der Waals surface area contributed by atoms with Crippen LogP contribution in [0.25, 0.3) is 0 Å². The molecule has 0 bridgehead atoms. The molecule has 1 fully saturated rings. The molecule has 0 atom stereocenters. The second-order valence-electron chi connectivity index (χ2n) is 4.23. The number of nitrogens with one attached hydrogen (secondary N) is 2. The second-order valence-corrected chi connectivity index (χ2v) is 4.23. The number of anilines is 1. The van der Waals surface area contributed by atoms with Crippen molar-refractivity contribution in [3.05, 3.63) is 29.6 Å². The van der Waals surface area contributed by atoms with Gasteiger partial charge in [-0.1, -0.05) is 0 Å². The largest absolute Gasteiger partial charge is 0.384 e. The molecule has 2 amide bonds. The van der Waals surface area contributed by atoms with Crippen LogP contribution < -0.4 is 11.1 Å². The number of hydrogen-bond acceptors (Lipinski definition) is 2. The van der Waals surface area contributed by atoms with Gasteiger partial charge in [0.25, 0.3) is 0 Å². The Hall–Kier alpha value is -2.11. The van der Waals surface area contributed by atoms with Crippen molar-refractivity contribution < 1.29 is 9.18 Å². The molecule has 0 saturated carbocycles. The molecule has 0 unspecified atom stereocenters. The van der Waals surface area contributed by atoms with Crippen LogP contribution in [0.5, 0.6) is 0 Å². The maximum absolute atomic E-state index is 13.3. The monoisotopic (exact) mass is 250 g/mol. The van der Waals surface area contributed by atoms with E-state index in [0.29, 0.717) is 5.69 Å². The lowest BCUT2D eigenvalue weighted by atomic mass is 10.1. The van der Waals surface area contributed by atoms with E-state index in [1.54, 1.807) is 4.90 Å². The maximum Gasteiger partial charge on any atom is 0.321 e. The molecule has 1 aliphatic heterocycles. The van der Waals surface area contributed by atoms with E-state index in [0.717, 1.165) is 25.9 Å². The second kappa shape index (κ2) is 5.03. The number of nitrogens with two attached hydrogens (primary N) is 1. The summed E-state index contributed by atoms with van der Waals surface area (Å²) in [6.45, 7) is 1.49. The first-order valence-corrected chi connectivity index (χ1v) is 5.78. The number of nitrogens with zero attached hydrogens (tertiary/aromatic N) is 1. The number of rotatable bonds is 2. The van der Waals surface area contributed by atoms with Gasteiger partial charge in [0.05, 0.1) is 5.56 Å². The molecule has 1 aliphatic rings. The van der Waals surface area contributed by atoms with E-state index >= 15 is 0 Å². The number of amides is 2. The third-order valence-corrected chi connectivity index (χ3v) is 2.90. The van der Waals surface area contributed by atoms with Crippen LogP contribution in [0.15, 0.2) is 18.2 Å². The molecule has 5 nitrogen and oxygen atoms in total. The Labute approximate surface area is 104 Å². The third kappa shape index (κ3) is 2.58. The molecule has 0 radical (unpaired) electrons. The highest BCUT2D eigenvalue weighted by Gasteiger charge is 2.18. The van der Waals surface area contributed by atoms with Crippen LogP contribution in [0.1, 0.15) is 18.4 Å². The summed E-state index contributed by atoms with van der Waals surface area (Å²) in [5.41, 5.74) is 5.69. The number of likely N-dealkylation sites (tertiary alicyclic amines) is 1. The lowest BCUT2D eigenvalue weighted by Gasteiger charge is -2.16. The molecule has 1 saturated heterocycles. The van der Waals surface area contributed by atoms with Crippen molar-refractivity contribution in [2.75, 3.05) is 18.4 Å². The normalized spacial score (nSPS) is 14.6. The average molecular weight is 250 g/mol. The van der Waals surface area contributed by atoms with E-state index in [9.17, 15) is 9.18 Å². The van der Waals surface area contributed by atoms with Crippen LogP contribution in [0.3, 0.4) is 0 Å². The van der Waals surface area contributed by atoms with Gasteiger partial charge >= 0.3 is 6.03 Å². The van der Waals surface area contributed by atoms with Gasteiger partial charge in [-0.2, -0.15) is 0 Å². The maximum atomic E-state index is 13.3. The standard InChI is InChI=1S/C12H15FN4O/c13-10-4-3-8(7-9(10)11(14)15)16-12(18)17-5-1-2-6-17/h3-4,7H,1-2,5-6H2,(H3,14,15)(H,16,18). The fraction of sp³-hybridized carbons (Fsp3) is 0.333. The number of nitrogen functional groups attached to an aromatic ring is 1. The highest BCUT2D eigenvalue weighted by atomic mass is 19.1. The number of carbonyl (C=O) groups is 1. The SMILES string of the molecule is N=C(N)c1cc(NC(=O)N2CCCC2)ccc1F. The summed E-state index contributed by atoms with van der Waals surface area (Å²) in [6.07, 6.45) is 2.02. The molecule has 4 N–H and O–H groups in total. The Balaban J connectivity index is 2.11. The lowest BCUT2D eigenvalue weighted by molar-refractivity contribution is 0.222. The Morgan fingerprint density at radius 2 is 2.06 bits per heavy atom. The predicted molar refractivity (Wildman–Crippen MR) is 67.2 cm³/mol. The first kappa shape index (κ1) is 12.3. The zero-order chi connectivity index (χ0) is 13.1. The molecular formula is C12H15FN4O. The van der Waals surface area contributed by atoms with Gasteiger partial charge in [0.1, 0.15) is 11.7 Å². The van der Waals surface area contributed by atoms with Crippen LogP contribution in [0.2, 0.25) is 0 Å². The number of halogens is 1. The van der Waals surface area contributed by atoms with Crippen LogP contribution in [0.4, 0.5) is 14.9 Å². The minimum atomic E-state index is -0.568. The molecule has 0 aromatic heterocycles. The van der Waals surface area contributed by atoms with Gasteiger partial charge in [0, 0.05) is 18.8 Å². The number of urea groups is 1. The molecule has 0 aliphatic carbocycles. The highest BCUT2D eigenvalue weighted by Crippen LogP contribution is 2.16. The fourth-order valence-electron chi connectivity index (χ4n) is 1.93. The van der Waals surface area contributed by atoms with Crippen molar-refractivity contribution in [2.45, 2.75) is 12.8 Å². The lowest BCUT2D eigenvalue weighted by Crippen LogP contribution is -2.32. The summed E-state index contributed by atoms with van der Waals surface area (Å²) >= 11 is 0. The Morgan fingerprint density at radius 1 is 1.39 bits per heavy atom. The molecule has 6 heteroatoms. The van der Waals surface area contributed by atoms with E-state index in [-0.39, 0.29) is 17.4 Å². The van der Waals surface area contributed by atoms with Gasteiger partial charge in [-0.15, -0.1) is 0 Å². The van der Waals surface area contributed by atoms with Gasteiger partial charge < -0.3 is 16.0 Å². The van der Waals surface area contributed by atoms with Gasteiger partial charge in [0.2, 0.25) is 0 Å². The Bertz CT molecular complexity index is 483. The summed E-state index contributed by atoms with van der Waals surface area (Å²) in [5.74, 6) is -0.925. The Morgan fingerprint density at radius 3 is 2.67 bits per heavy atom. The van der Waals surface area contributed by atoms with Crippen molar-refractivity contribution >= 4 is 17.6 Å². The van der Waals surface area contributed by atoms with Crippen LogP contribution >= 0.6 is 0 Å². The first-order chi connectivity index (χ1) is 8.58. The molecular weight excluding hydrogens is 235 g/mol. The summed E-state index contributed by atoms with van der Waals surface area (Å²) in [7, 11) is 0. The molecule has 18 heavy (non-hydrogen) atoms. The minimum Gasteiger partial charge on any atom is -0.384 e. The van der Waals surface area contributed by atoms with E-state index < -0.39 is 5.82 Å². The van der Waals surface area contributed by atoms with Crippen molar-refractivity contribution in [3.8, 4) is 0 Å². The van der Waals surface area contributed by atoms with Crippen LogP contribution in [-0.2, 0) is 0 Å². The van der Waals surface area contributed by atoms with Crippen LogP contribution in [-0.4, -0.2) is 29.9 Å². The number of hydrogen-bond donors (Lipinski definition) is 3. The highest BCUT2D eigenvalue weighted by molar-refractivity contribution is 5.97.